The Morgan fingerprint density at radius 2 is 2.24 bits per heavy atom. The van der Waals surface area contributed by atoms with Crippen molar-refractivity contribution in [3.63, 3.8) is 0 Å². The summed E-state index contributed by atoms with van der Waals surface area (Å²) in [6.45, 7) is 7.43. The monoisotopic (exact) mass is 233 g/mol. The van der Waals surface area contributed by atoms with Crippen LogP contribution < -0.4 is 10.1 Å². The van der Waals surface area contributed by atoms with E-state index in [0.29, 0.717) is 0 Å². The van der Waals surface area contributed by atoms with Crippen LogP contribution >= 0.6 is 0 Å². The van der Waals surface area contributed by atoms with Gasteiger partial charge in [-0.3, -0.25) is 0 Å². The van der Waals surface area contributed by atoms with Crippen LogP contribution in [0.3, 0.4) is 0 Å². The van der Waals surface area contributed by atoms with Gasteiger partial charge in [0.2, 0.25) is 0 Å². The van der Waals surface area contributed by atoms with Crippen LogP contribution in [-0.4, -0.2) is 19.7 Å². The Bertz CT molecular complexity index is 356. The molecule has 0 amide bonds. The van der Waals surface area contributed by atoms with E-state index in [1.807, 2.05) is 0 Å². The minimum absolute atomic E-state index is 0.800. The molecule has 1 aliphatic heterocycles. The lowest BCUT2D eigenvalue weighted by atomic mass is 9.97. The highest BCUT2D eigenvalue weighted by atomic mass is 16.5. The summed E-state index contributed by atoms with van der Waals surface area (Å²) in [6, 6.07) is 6.38. The van der Waals surface area contributed by atoms with Gasteiger partial charge in [-0.15, -0.1) is 0 Å². The molecule has 1 aromatic carbocycles. The second-order valence-electron chi connectivity index (χ2n) is 5.12. The molecule has 1 N–H and O–H groups in total. The molecule has 17 heavy (non-hydrogen) atoms. The Morgan fingerprint density at radius 1 is 1.35 bits per heavy atom. The molecule has 1 aliphatic rings. The molecule has 1 saturated heterocycles. The van der Waals surface area contributed by atoms with E-state index < -0.39 is 0 Å². The highest BCUT2D eigenvalue weighted by molar-refractivity contribution is 5.35. The molecule has 2 rings (SSSR count). The Balaban J connectivity index is 1.77. The molecule has 0 unspecified atom stereocenters. The van der Waals surface area contributed by atoms with Gasteiger partial charge in [0.1, 0.15) is 5.75 Å². The average Bonchev–Trinajstić information content (AvgIpc) is 2.33. The molecule has 1 fully saturated rings. The predicted molar refractivity (Wildman–Crippen MR) is 71.6 cm³/mol. The summed E-state index contributed by atoms with van der Waals surface area (Å²) in [6.07, 6.45) is 3.83. The molecule has 0 saturated carbocycles. The van der Waals surface area contributed by atoms with Gasteiger partial charge >= 0.3 is 0 Å². The standard InChI is InChI=1S/C15H23NO/c1-12-5-6-15(13(2)10-12)17-9-7-14-4-3-8-16-11-14/h5-6,10,14,16H,3-4,7-9,11H2,1-2H3/t14-/m0/s1. The maximum absolute atomic E-state index is 5.87. The molecule has 0 radical (unpaired) electrons. The van der Waals surface area contributed by atoms with E-state index in [0.717, 1.165) is 24.8 Å². The molecule has 0 spiro atoms. The molecule has 0 bridgehead atoms. The number of benzene rings is 1. The van der Waals surface area contributed by atoms with Crippen molar-refractivity contribution in [2.45, 2.75) is 33.1 Å². The van der Waals surface area contributed by atoms with Gasteiger partial charge in [0.25, 0.3) is 0 Å². The molecule has 2 nitrogen and oxygen atoms in total. The van der Waals surface area contributed by atoms with Gasteiger partial charge in [0.15, 0.2) is 0 Å². The van der Waals surface area contributed by atoms with E-state index in [1.165, 1.54) is 36.9 Å². The molecule has 1 heterocycles. The minimum atomic E-state index is 0.800. The van der Waals surface area contributed by atoms with E-state index >= 15 is 0 Å². The van der Waals surface area contributed by atoms with Crippen molar-refractivity contribution in [2.24, 2.45) is 5.92 Å². The third-order valence-electron chi connectivity index (χ3n) is 3.51. The Morgan fingerprint density at radius 3 is 2.94 bits per heavy atom. The fraction of sp³-hybridized carbons (Fsp3) is 0.600. The number of aryl methyl sites for hydroxylation is 2. The van der Waals surface area contributed by atoms with Crippen molar-refractivity contribution in [1.82, 2.24) is 5.32 Å². The Hall–Kier alpha value is -1.02. The summed E-state index contributed by atoms with van der Waals surface area (Å²) < 4.78 is 5.87. The van der Waals surface area contributed by atoms with Crippen molar-refractivity contribution in [3.05, 3.63) is 29.3 Å². The van der Waals surface area contributed by atoms with Gasteiger partial charge in [-0.1, -0.05) is 17.7 Å². The molecule has 0 aliphatic carbocycles. The summed E-state index contributed by atoms with van der Waals surface area (Å²) in [5.74, 6) is 1.84. The summed E-state index contributed by atoms with van der Waals surface area (Å²) in [7, 11) is 0. The van der Waals surface area contributed by atoms with E-state index in [1.54, 1.807) is 0 Å². The first-order valence-corrected chi connectivity index (χ1v) is 6.66. The van der Waals surface area contributed by atoms with Crippen LogP contribution in [0, 0.1) is 19.8 Å². The van der Waals surface area contributed by atoms with Gasteiger partial charge < -0.3 is 10.1 Å². The summed E-state index contributed by atoms with van der Waals surface area (Å²) in [5, 5.41) is 3.45. The van der Waals surface area contributed by atoms with Crippen molar-refractivity contribution in [2.75, 3.05) is 19.7 Å². The number of hydrogen-bond donors (Lipinski definition) is 1. The van der Waals surface area contributed by atoms with Crippen LogP contribution in [0.25, 0.3) is 0 Å². The maximum atomic E-state index is 5.87. The van der Waals surface area contributed by atoms with Crippen LogP contribution in [0.2, 0.25) is 0 Å². The predicted octanol–water partition coefficient (Wildman–Crippen LogP) is 3.07. The molecule has 0 aromatic heterocycles. The van der Waals surface area contributed by atoms with E-state index in [9.17, 15) is 0 Å². The minimum Gasteiger partial charge on any atom is -0.493 e. The number of piperidine rings is 1. The van der Waals surface area contributed by atoms with Crippen LogP contribution in [0.15, 0.2) is 18.2 Å². The van der Waals surface area contributed by atoms with Crippen molar-refractivity contribution >= 4 is 0 Å². The molecular weight excluding hydrogens is 210 g/mol. The lowest BCUT2D eigenvalue weighted by Gasteiger charge is -2.22. The van der Waals surface area contributed by atoms with Crippen LogP contribution in [0.4, 0.5) is 0 Å². The van der Waals surface area contributed by atoms with E-state index in [4.69, 9.17) is 4.74 Å². The fourth-order valence-corrected chi connectivity index (χ4v) is 2.47. The van der Waals surface area contributed by atoms with Crippen molar-refractivity contribution in [3.8, 4) is 5.75 Å². The SMILES string of the molecule is Cc1ccc(OCC[C@@H]2CCCNC2)c(C)c1. The zero-order chi connectivity index (χ0) is 12.1. The zero-order valence-electron chi connectivity index (χ0n) is 11.0. The van der Waals surface area contributed by atoms with Crippen LogP contribution in [0.1, 0.15) is 30.4 Å². The number of hydrogen-bond acceptors (Lipinski definition) is 2. The number of rotatable bonds is 4. The van der Waals surface area contributed by atoms with Gasteiger partial charge in [-0.05, 0) is 63.7 Å². The number of nitrogens with one attached hydrogen (secondary N) is 1. The average molecular weight is 233 g/mol. The largest absolute Gasteiger partial charge is 0.493 e. The van der Waals surface area contributed by atoms with Gasteiger partial charge in [0.05, 0.1) is 6.61 Å². The van der Waals surface area contributed by atoms with Crippen LogP contribution in [0.5, 0.6) is 5.75 Å². The van der Waals surface area contributed by atoms with Crippen LogP contribution in [-0.2, 0) is 0 Å². The first-order chi connectivity index (χ1) is 8.25. The molecular formula is C15H23NO. The van der Waals surface area contributed by atoms with Crippen molar-refractivity contribution < 1.29 is 4.74 Å². The Kier molecular flexibility index (Phi) is 4.43. The second-order valence-corrected chi connectivity index (χ2v) is 5.12. The molecule has 94 valence electrons. The van der Waals surface area contributed by atoms with Gasteiger partial charge in [0, 0.05) is 0 Å². The fourth-order valence-electron chi connectivity index (χ4n) is 2.47. The lowest BCUT2D eigenvalue weighted by molar-refractivity contribution is 0.253. The normalized spacial score (nSPS) is 20.2. The number of ether oxygens (including phenoxy) is 1. The summed E-state index contributed by atoms with van der Waals surface area (Å²) in [5.41, 5.74) is 2.54. The lowest BCUT2D eigenvalue weighted by Crippen LogP contribution is -2.30. The van der Waals surface area contributed by atoms with Gasteiger partial charge in [-0.2, -0.15) is 0 Å². The topological polar surface area (TPSA) is 21.3 Å². The van der Waals surface area contributed by atoms with Gasteiger partial charge in [-0.25, -0.2) is 0 Å². The second kappa shape index (κ2) is 6.06. The maximum Gasteiger partial charge on any atom is 0.122 e. The summed E-state index contributed by atoms with van der Waals surface area (Å²) >= 11 is 0. The molecule has 2 heteroatoms. The highest BCUT2D eigenvalue weighted by Gasteiger charge is 2.12. The third-order valence-corrected chi connectivity index (χ3v) is 3.51. The zero-order valence-corrected chi connectivity index (χ0v) is 11.0. The smallest absolute Gasteiger partial charge is 0.122 e. The quantitative estimate of drug-likeness (QED) is 0.863. The third kappa shape index (κ3) is 3.74. The first kappa shape index (κ1) is 12.4. The Labute approximate surface area is 104 Å². The summed E-state index contributed by atoms with van der Waals surface area (Å²) in [4.78, 5) is 0. The molecule has 1 atom stereocenters. The van der Waals surface area contributed by atoms with Crippen molar-refractivity contribution in [1.29, 1.82) is 0 Å². The van der Waals surface area contributed by atoms with E-state index in [2.05, 4.69) is 37.4 Å². The molecule has 1 aromatic rings. The highest BCUT2D eigenvalue weighted by Crippen LogP contribution is 2.20. The van der Waals surface area contributed by atoms with E-state index in [-0.39, 0.29) is 0 Å². The first-order valence-electron chi connectivity index (χ1n) is 6.66.